The minimum Gasteiger partial charge on any atom is -0.496 e. The lowest BCUT2D eigenvalue weighted by molar-refractivity contribution is 0.273. The molecule has 6 heteroatoms. The lowest BCUT2D eigenvalue weighted by Gasteiger charge is -2.13. The molecular formula is C14H21NO4S. The molecule has 2 N–H and O–H groups in total. The van der Waals surface area contributed by atoms with Crippen molar-refractivity contribution in [3.8, 4) is 5.75 Å². The van der Waals surface area contributed by atoms with Gasteiger partial charge in [0.1, 0.15) is 5.75 Å². The Bertz CT molecular complexity index is 567. The van der Waals surface area contributed by atoms with E-state index in [1.54, 1.807) is 6.07 Å². The van der Waals surface area contributed by atoms with Crippen molar-refractivity contribution >= 4 is 10.0 Å². The van der Waals surface area contributed by atoms with Gasteiger partial charge in [-0.2, -0.15) is 0 Å². The van der Waals surface area contributed by atoms with E-state index in [4.69, 9.17) is 4.74 Å². The standard InChI is InChI=1S/C14H21NO4S/c1-10(11-3-4-11)8-15-20(17,18)13-5-6-14(19-2)12(7-13)9-16/h5-7,10-11,15-16H,3-4,8-9H2,1-2H3. The largest absolute Gasteiger partial charge is 0.496 e. The topological polar surface area (TPSA) is 75.6 Å². The van der Waals surface area contributed by atoms with Gasteiger partial charge in [0.05, 0.1) is 18.6 Å². The van der Waals surface area contributed by atoms with Crippen molar-refractivity contribution in [3.05, 3.63) is 23.8 Å². The zero-order valence-corrected chi connectivity index (χ0v) is 12.6. The van der Waals surface area contributed by atoms with Crippen molar-refractivity contribution in [2.75, 3.05) is 13.7 Å². The molecule has 0 heterocycles. The summed E-state index contributed by atoms with van der Waals surface area (Å²) in [6, 6.07) is 4.50. The van der Waals surface area contributed by atoms with Crippen LogP contribution < -0.4 is 9.46 Å². The van der Waals surface area contributed by atoms with Crippen LogP contribution in [-0.4, -0.2) is 27.2 Å². The number of hydrogen-bond donors (Lipinski definition) is 2. The van der Waals surface area contributed by atoms with Crippen molar-refractivity contribution in [1.82, 2.24) is 4.72 Å². The highest BCUT2D eigenvalue weighted by molar-refractivity contribution is 7.89. The predicted molar refractivity (Wildman–Crippen MR) is 76.0 cm³/mol. The summed E-state index contributed by atoms with van der Waals surface area (Å²) in [5.74, 6) is 1.50. The molecule has 2 rings (SSSR count). The van der Waals surface area contributed by atoms with Crippen molar-refractivity contribution in [2.45, 2.75) is 31.3 Å². The minimum atomic E-state index is -3.54. The predicted octanol–water partition coefficient (Wildman–Crippen LogP) is 1.51. The zero-order chi connectivity index (χ0) is 14.8. The van der Waals surface area contributed by atoms with E-state index in [1.807, 2.05) is 0 Å². The number of nitrogens with one attached hydrogen (secondary N) is 1. The molecule has 20 heavy (non-hydrogen) atoms. The highest BCUT2D eigenvalue weighted by Crippen LogP contribution is 2.36. The smallest absolute Gasteiger partial charge is 0.240 e. The molecule has 0 aromatic heterocycles. The number of ether oxygens (including phenoxy) is 1. The molecule has 0 spiro atoms. The van der Waals surface area contributed by atoms with Gasteiger partial charge in [-0.05, 0) is 42.9 Å². The van der Waals surface area contributed by atoms with Gasteiger partial charge in [0.25, 0.3) is 0 Å². The van der Waals surface area contributed by atoms with Crippen molar-refractivity contribution in [1.29, 1.82) is 0 Å². The number of sulfonamides is 1. The molecule has 1 aromatic rings. The summed E-state index contributed by atoms with van der Waals surface area (Å²) in [5.41, 5.74) is 0.464. The molecule has 0 bridgehead atoms. The van der Waals surface area contributed by atoms with Crippen LogP contribution in [0.15, 0.2) is 23.1 Å². The third-order valence-corrected chi connectivity index (χ3v) is 5.18. The van der Waals surface area contributed by atoms with Crippen LogP contribution in [0.3, 0.4) is 0 Å². The Morgan fingerprint density at radius 1 is 1.45 bits per heavy atom. The van der Waals surface area contributed by atoms with Crippen LogP contribution in [-0.2, 0) is 16.6 Å². The van der Waals surface area contributed by atoms with Crippen LogP contribution in [0.1, 0.15) is 25.3 Å². The Kier molecular flexibility index (Phi) is 4.67. The highest BCUT2D eigenvalue weighted by atomic mass is 32.2. The third kappa shape index (κ3) is 3.50. The van der Waals surface area contributed by atoms with E-state index in [1.165, 1.54) is 32.1 Å². The molecule has 1 aliphatic carbocycles. The molecule has 0 radical (unpaired) electrons. The molecule has 1 fully saturated rings. The number of hydrogen-bond acceptors (Lipinski definition) is 4. The summed E-state index contributed by atoms with van der Waals surface area (Å²) >= 11 is 0. The average molecular weight is 299 g/mol. The van der Waals surface area contributed by atoms with E-state index < -0.39 is 10.0 Å². The first kappa shape index (κ1) is 15.3. The fourth-order valence-electron chi connectivity index (χ4n) is 2.20. The van der Waals surface area contributed by atoms with Gasteiger partial charge in [0.15, 0.2) is 0 Å². The van der Waals surface area contributed by atoms with Gasteiger partial charge in [0.2, 0.25) is 10.0 Å². The van der Waals surface area contributed by atoms with Gasteiger partial charge < -0.3 is 9.84 Å². The molecule has 1 atom stereocenters. The Hall–Kier alpha value is -1.11. The summed E-state index contributed by atoms with van der Waals surface area (Å²) in [6.07, 6.45) is 2.39. The highest BCUT2D eigenvalue weighted by Gasteiger charge is 2.28. The molecule has 1 saturated carbocycles. The third-order valence-electron chi connectivity index (χ3n) is 3.75. The minimum absolute atomic E-state index is 0.158. The second kappa shape index (κ2) is 6.11. The first-order valence-corrected chi connectivity index (χ1v) is 8.23. The van der Waals surface area contributed by atoms with E-state index in [0.717, 1.165) is 0 Å². The molecule has 1 unspecified atom stereocenters. The summed E-state index contributed by atoms with van der Waals surface area (Å²) in [4.78, 5) is 0.158. The van der Waals surface area contributed by atoms with Crippen LogP contribution >= 0.6 is 0 Å². The Balaban J connectivity index is 2.11. The fourth-order valence-corrected chi connectivity index (χ4v) is 3.40. The SMILES string of the molecule is COc1ccc(S(=O)(=O)NCC(C)C2CC2)cc1CO. The van der Waals surface area contributed by atoms with E-state index in [2.05, 4.69) is 11.6 Å². The molecule has 5 nitrogen and oxygen atoms in total. The van der Waals surface area contributed by atoms with Crippen LogP contribution in [0.2, 0.25) is 0 Å². The maximum absolute atomic E-state index is 12.2. The van der Waals surface area contributed by atoms with Crippen molar-refractivity contribution in [3.63, 3.8) is 0 Å². The van der Waals surface area contributed by atoms with Gasteiger partial charge in [-0.3, -0.25) is 0 Å². The lowest BCUT2D eigenvalue weighted by atomic mass is 10.1. The van der Waals surface area contributed by atoms with E-state index in [9.17, 15) is 13.5 Å². The summed E-state index contributed by atoms with van der Waals surface area (Å²) in [5, 5.41) is 9.24. The van der Waals surface area contributed by atoms with Crippen LogP contribution in [0, 0.1) is 11.8 Å². The van der Waals surface area contributed by atoms with Gasteiger partial charge in [-0.15, -0.1) is 0 Å². The molecule has 0 aliphatic heterocycles. The first-order valence-electron chi connectivity index (χ1n) is 6.75. The van der Waals surface area contributed by atoms with E-state index >= 15 is 0 Å². The molecular weight excluding hydrogens is 278 g/mol. The normalized spacial score (nSPS) is 16.9. The summed E-state index contributed by atoms with van der Waals surface area (Å²) in [6.45, 7) is 2.26. The lowest BCUT2D eigenvalue weighted by Crippen LogP contribution is -2.29. The van der Waals surface area contributed by atoms with Crippen molar-refractivity contribution < 1.29 is 18.3 Å². The molecule has 0 amide bonds. The van der Waals surface area contributed by atoms with E-state index in [-0.39, 0.29) is 11.5 Å². The number of rotatable bonds is 7. The quantitative estimate of drug-likeness (QED) is 0.800. The van der Waals surface area contributed by atoms with Crippen LogP contribution in [0.25, 0.3) is 0 Å². The second-order valence-electron chi connectivity index (χ2n) is 5.30. The maximum Gasteiger partial charge on any atom is 0.240 e. The summed E-state index contributed by atoms with van der Waals surface area (Å²) in [7, 11) is -2.05. The number of aliphatic hydroxyl groups excluding tert-OH is 1. The van der Waals surface area contributed by atoms with Gasteiger partial charge >= 0.3 is 0 Å². The van der Waals surface area contributed by atoms with Crippen molar-refractivity contribution in [2.24, 2.45) is 11.8 Å². The van der Waals surface area contributed by atoms with Crippen LogP contribution in [0.5, 0.6) is 5.75 Å². The van der Waals surface area contributed by atoms with Gasteiger partial charge in [-0.25, -0.2) is 13.1 Å². The average Bonchev–Trinajstić information content (AvgIpc) is 3.28. The molecule has 112 valence electrons. The number of methoxy groups -OCH3 is 1. The zero-order valence-electron chi connectivity index (χ0n) is 11.8. The molecule has 1 aliphatic rings. The number of benzene rings is 1. The second-order valence-corrected chi connectivity index (χ2v) is 7.07. The van der Waals surface area contributed by atoms with Crippen LogP contribution in [0.4, 0.5) is 0 Å². The monoisotopic (exact) mass is 299 g/mol. The maximum atomic E-state index is 12.2. The molecule has 0 saturated heterocycles. The van der Waals surface area contributed by atoms with Gasteiger partial charge in [0, 0.05) is 12.1 Å². The molecule has 1 aromatic carbocycles. The Morgan fingerprint density at radius 2 is 2.15 bits per heavy atom. The van der Waals surface area contributed by atoms with Gasteiger partial charge in [-0.1, -0.05) is 6.92 Å². The Morgan fingerprint density at radius 3 is 2.70 bits per heavy atom. The Labute approximate surface area is 120 Å². The first-order chi connectivity index (χ1) is 9.47. The summed E-state index contributed by atoms with van der Waals surface area (Å²) < 4.78 is 32.1. The number of aliphatic hydroxyl groups is 1. The fraction of sp³-hybridized carbons (Fsp3) is 0.571. The van der Waals surface area contributed by atoms with E-state index in [0.29, 0.717) is 29.7 Å².